The number of nitrogen functional groups attached to an aromatic ring is 1. The molecule has 7 heteroatoms. The second kappa shape index (κ2) is 6.24. The molecule has 0 saturated heterocycles. The maximum Gasteiger partial charge on any atom is 0.183 e. The first kappa shape index (κ1) is 16.1. The average molecular weight is 327 g/mol. The number of hydrogen-bond donors (Lipinski definition) is 2. The molecule has 5 nitrogen and oxygen atoms in total. The van der Waals surface area contributed by atoms with Gasteiger partial charge in [-0.2, -0.15) is 5.26 Å². The van der Waals surface area contributed by atoms with Crippen LogP contribution in [0.2, 0.25) is 0 Å². The third-order valence-electron chi connectivity index (χ3n) is 4.05. The minimum absolute atomic E-state index is 0.0199. The Labute approximate surface area is 130 Å². The van der Waals surface area contributed by atoms with E-state index >= 15 is 0 Å². The van der Waals surface area contributed by atoms with Crippen LogP contribution in [-0.2, 0) is 9.84 Å². The molecule has 0 amide bonds. The van der Waals surface area contributed by atoms with Crippen LogP contribution in [0.15, 0.2) is 4.90 Å². The molecule has 2 atom stereocenters. The zero-order valence-corrected chi connectivity index (χ0v) is 14.0. The zero-order valence-electron chi connectivity index (χ0n) is 12.3. The molecule has 1 aliphatic rings. The lowest BCUT2D eigenvalue weighted by Crippen LogP contribution is -2.14. The SMILES string of the molecule is CCS(=O)(=O)c1c(NCC2CCC(C)C2)sc(C#N)c1N. The van der Waals surface area contributed by atoms with Crippen LogP contribution in [0.5, 0.6) is 0 Å². The Balaban J connectivity index is 2.25. The van der Waals surface area contributed by atoms with Crippen LogP contribution in [0.4, 0.5) is 10.7 Å². The summed E-state index contributed by atoms with van der Waals surface area (Å²) in [4.78, 5) is 0.377. The molecule has 1 heterocycles. The first-order valence-corrected chi connectivity index (χ1v) is 9.64. The second-order valence-electron chi connectivity index (χ2n) is 5.68. The highest BCUT2D eigenvalue weighted by atomic mass is 32.2. The fraction of sp³-hybridized carbons (Fsp3) is 0.643. The van der Waals surface area contributed by atoms with Crippen molar-refractivity contribution < 1.29 is 8.42 Å². The number of nitrogens with zero attached hydrogens (tertiary/aromatic N) is 1. The van der Waals surface area contributed by atoms with Crippen LogP contribution < -0.4 is 11.1 Å². The van der Waals surface area contributed by atoms with E-state index in [1.165, 1.54) is 6.42 Å². The van der Waals surface area contributed by atoms with E-state index in [0.29, 0.717) is 10.9 Å². The molecule has 0 aliphatic heterocycles. The van der Waals surface area contributed by atoms with Gasteiger partial charge >= 0.3 is 0 Å². The van der Waals surface area contributed by atoms with Gasteiger partial charge in [0.05, 0.1) is 11.4 Å². The normalized spacial score (nSPS) is 22.1. The number of hydrogen-bond acceptors (Lipinski definition) is 6. The van der Waals surface area contributed by atoms with Gasteiger partial charge in [-0.05, 0) is 24.7 Å². The molecule has 2 rings (SSSR count). The smallest absolute Gasteiger partial charge is 0.183 e. The Morgan fingerprint density at radius 1 is 1.48 bits per heavy atom. The van der Waals surface area contributed by atoms with E-state index in [-0.39, 0.29) is 21.2 Å². The summed E-state index contributed by atoms with van der Waals surface area (Å²) >= 11 is 1.14. The summed E-state index contributed by atoms with van der Waals surface area (Å²) in [5.74, 6) is 1.28. The fourth-order valence-corrected chi connectivity index (χ4v) is 5.30. The van der Waals surface area contributed by atoms with Gasteiger partial charge in [0.15, 0.2) is 9.84 Å². The van der Waals surface area contributed by atoms with E-state index in [2.05, 4.69) is 12.2 Å². The molecule has 0 bridgehead atoms. The second-order valence-corrected chi connectivity index (χ2v) is 8.92. The van der Waals surface area contributed by atoms with Crippen LogP contribution in [0.1, 0.15) is 38.0 Å². The van der Waals surface area contributed by atoms with Crippen molar-refractivity contribution in [2.75, 3.05) is 23.3 Å². The number of nitriles is 1. The van der Waals surface area contributed by atoms with Crippen LogP contribution in [0, 0.1) is 23.2 Å². The molecule has 1 aliphatic carbocycles. The molecule has 1 aromatic heterocycles. The van der Waals surface area contributed by atoms with E-state index in [4.69, 9.17) is 11.0 Å². The molecular formula is C14H21N3O2S2. The van der Waals surface area contributed by atoms with Crippen LogP contribution in [0.3, 0.4) is 0 Å². The van der Waals surface area contributed by atoms with E-state index in [1.54, 1.807) is 6.92 Å². The van der Waals surface area contributed by atoms with Crippen molar-refractivity contribution in [3.63, 3.8) is 0 Å². The van der Waals surface area contributed by atoms with Gasteiger partial charge in [0.2, 0.25) is 0 Å². The third kappa shape index (κ3) is 3.33. The van der Waals surface area contributed by atoms with Gasteiger partial charge < -0.3 is 11.1 Å². The van der Waals surface area contributed by atoms with E-state index in [1.807, 2.05) is 6.07 Å². The highest BCUT2D eigenvalue weighted by Crippen LogP contribution is 2.40. The molecule has 3 N–H and O–H groups in total. The molecule has 0 aromatic carbocycles. The van der Waals surface area contributed by atoms with Gasteiger partial charge in [-0.3, -0.25) is 0 Å². The van der Waals surface area contributed by atoms with Crippen molar-refractivity contribution in [3.8, 4) is 6.07 Å². The predicted molar refractivity (Wildman–Crippen MR) is 86.2 cm³/mol. The van der Waals surface area contributed by atoms with Gasteiger partial charge in [0, 0.05) is 6.54 Å². The van der Waals surface area contributed by atoms with Crippen molar-refractivity contribution in [2.24, 2.45) is 11.8 Å². The van der Waals surface area contributed by atoms with Gasteiger partial charge in [0.25, 0.3) is 0 Å². The topological polar surface area (TPSA) is 96.0 Å². The Hall–Kier alpha value is -1.26. The van der Waals surface area contributed by atoms with Gasteiger partial charge in [-0.1, -0.05) is 20.3 Å². The quantitative estimate of drug-likeness (QED) is 0.867. The zero-order chi connectivity index (χ0) is 15.6. The van der Waals surface area contributed by atoms with Crippen molar-refractivity contribution in [3.05, 3.63) is 4.88 Å². The number of rotatable bonds is 5. The highest BCUT2D eigenvalue weighted by molar-refractivity contribution is 7.91. The Bertz CT molecular complexity index is 658. The summed E-state index contributed by atoms with van der Waals surface area (Å²) in [7, 11) is -3.43. The van der Waals surface area contributed by atoms with Gasteiger partial charge in [0.1, 0.15) is 20.8 Å². The highest BCUT2D eigenvalue weighted by Gasteiger charge is 2.27. The lowest BCUT2D eigenvalue weighted by molar-refractivity contribution is 0.537. The van der Waals surface area contributed by atoms with Gasteiger partial charge in [-0.25, -0.2) is 8.42 Å². The summed E-state index contributed by atoms with van der Waals surface area (Å²) < 4.78 is 24.4. The Morgan fingerprint density at radius 2 is 2.19 bits per heavy atom. The molecule has 1 fully saturated rings. The van der Waals surface area contributed by atoms with E-state index in [0.717, 1.165) is 36.6 Å². The predicted octanol–water partition coefficient (Wildman–Crippen LogP) is 2.84. The lowest BCUT2D eigenvalue weighted by Gasteiger charge is -2.12. The molecule has 0 radical (unpaired) electrons. The summed E-state index contributed by atoms with van der Waals surface area (Å²) in [6.07, 6.45) is 3.55. The first-order valence-electron chi connectivity index (χ1n) is 7.18. The number of thiophene rings is 1. The largest absolute Gasteiger partial charge is 0.396 e. The molecule has 2 unspecified atom stereocenters. The van der Waals surface area contributed by atoms with Crippen LogP contribution in [-0.4, -0.2) is 20.7 Å². The molecule has 21 heavy (non-hydrogen) atoms. The molecule has 116 valence electrons. The minimum atomic E-state index is -3.43. The van der Waals surface area contributed by atoms with Gasteiger partial charge in [-0.15, -0.1) is 11.3 Å². The average Bonchev–Trinajstić information content (AvgIpc) is 3.00. The van der Waals surface area contributed by atoms with Crippen molar-refractivity contribution in [1.82, 2.24) is 0 Å². The third-order valence-corrected chi connectivity index (χ3v) is 7.05. The molecule has 1 saturated carbocycles. The lowest BCUT2D eigenvalue weighted by atomic mass is 10.1. The number of nitrogens with one attached hydrogen (secondary N) is 1. The fourth-order valence-electron chi connectivity index (χ4n) is 2.83. The maximum atomic E-state index is 12.2. The van der Waals surface area contributed by atoms with Crippen molar-refractivity contribution in [1.29, 1.82) is 5.26 Å². The van der Waals surface area contributed by atoms with Crippen LogP contribution >= 0.6 is 11.3 Å². The Morgan fingerprint density at radius 3 is 2.71 bits per heavy atom. The Kier molecular flexibility index (Phi) is 4.79. The summed E-state index contributed by atoms with van der Waals surface area (Å²) in [6, 6.07) is 1.98. The van der Waals surface area contributed by atoms with Crippen molar-refractivity contribution in [2.45, 2.75) is 38.0 Å². The minimum Gasteiger partial charge on any atom is -0.396 e. The van der Waals surface area contributed by atoms with Crippen molar-refractivity contribution >= 4 is 31.9 Å². The van der Waals surface area contributed by atoms with E-state index in [9.17, 15) is 8.42 Å². The number of nitrogens with two attached hydrogens (primary N) is 1. The summed E-state index contributed by atoms with van der Waals surface area (Å²) in [5.41, 5.74) is 5.94. The van der Waals surface area contributed by atoms with E-state index < -0.39 is 9.84 Å². The number of anilines is 2. The maximum absolute atomic E-state index is 12.2. The summed E-state index contributed by atoms with van der Waals surface area (Å²) in [6.45, 7) is 4.56. The molecule has 0 spiro atoms. The molecule has 1 aromatic rings. The standard InChI is InChI=1S/C14H21N3O2S2/c1-3-21(18,19)13-12(16)11(7-15)20-14(13)17-8-10-5-4-9(2)6-10/h9-10,17H,3-6,8,16H2,1-2H3. The molecular weight excluding hydrogens is 306 g/mol. The monoisotopic (exact) mass is 327 g/mol. The number of sulfone groups is 1. The van der Waals surface area contributed by atoms with Crippen LogP contribution in [0.25, 0.3) is 0 Å². The first-order chi connectivity index (χ1) is 9.89. The summed E-state index contributed by atoms with van der Waals surface area (Å²) in [5, 5.41) is 12.8.